The molecule has 0 aliphatic rings. The molecule has 1 aromatic heterocycles. The van der Waals surface area contributed by atoms with E-state index in [1.54, 1.807) is 36.5 Å². The van der Waals surface area contributed by atoms with Gasteiger partial charge in [-0.05, 0) is 24.8 Å². The molecular formula is C25H36N6O6. The normalized spacial score (nSPS) is 15.2. The molecule has 5 unspecified atom stereocenters. The van der Waals surface area contributed by atoms with Crippen LogP contribution >= 0.6 is 0 Å². The third-order valence-corrected chi connectivity index (χ3v) is 5.63. The van der Waals surface area contributed by atoms with Crippen LogP contribution in [0.3, 0.4) is 0 Å². The standard InChI is InChI=1S/C25H36N6O6/c1-14(2)9-19(29-22(33)18(26)11-17-12-27-13-28-17)23(34)31-21(15(3)32)24(35)30-20(25(36)37)10-16-7-5-4-6-8-16/h4-8,12-15,18-21,32H,9-11,26H2,1-3H3,(H,27,28)(H,29,33)(H,30,35)(H,31,34)(H,36,37). The van der Waals surface area contributed by atoms with Crippen molar-refractivity contribution in [2.75, 3.05) is 0 Å². The Morgan fingerprint density at radius 2 is 1.59 bits per heavy atom. The van der Waals surface area contributed by atoms with Gasteiger partial charge in [0.2, 0.25) is 17.7 Å². The average Bonchev–Trinajstić information content (AvgIpc) is 3.34. The molecule has 0 radical (unpaired) electrons. The summed E-state index contributed by atoms with van der Waals surface area (Å²) in [5.74, 6) is -3.39. The molecule has 0 aliphatic heterocycles. The number of benzene rings is 1. The van der Waals surface area contributed by atoms with Crippen molar-refractivity contribution in [1.29, 1.82) is 0 Å². The molecule has 3 amide bonds. The van der Waals surface area contributed by atoms with Crippen molar-refractivity contribution in [3.05, 3.63) is 54.1 Å². The molecule has 202 valence electrons. The molecule has 12 heteroatoms. The van der Waals surface area contributed by atoms with E-state index in [0.717, 1.165) is 0 Å². The molecule has 0 bridgehead atoms. The SMILES string of the molecule is CC(C)CC(NC(=O)C(N)Cc1cnc[nH]1)C(=O)NC(C(=O)NC(Cc1ccccc1)C(=O)O)C(C)O. The maximum Gasteiger partial charge on any atom is 0.326 e. The summed E-state index contributed by atoms with van der Waals surface area (Å²) in [6, 6.07) is 4.03. The molecule has 37 heavy (non-hydrogen) atoms. The number of imidazole rings is 1. The van der Waals surface area contributed by atoms with E-state index in [1.165, 1.54) is 13.3 Å². The van der Waals surface area contributed by atoms with Crippen LogP contribution in [0.25, 0.3) is 0 Å². The number of amides is 3. The van der Waals surface area contributed by atoms with E-state index in [-0.39, 0.29) is 25.2 Å². The molecule has 0 saturated heterocycles. The summed E-state index contributed by atoms with van der Waals surface area (Å²) in [5.41, 5.74) is 7.33. The van der Waals surface area contributed by atoms with E-state index < -0.39 is 54.0 Å². The van der Waals surface area contributed by atoms with E-state index in [4.69, 9.17) is 5.73 Å². The van der Waals surface area contributed by atoms with Gasteiger partial charge < -0.3 is 36.9 Å². The summed E-state index contributed by atoms with van der Waals surface area (Å²) in [4.78, 5) is 57.2. The minimum atomic E-state index is -1.45. The Balaban J connectivity index is 2.08. The Morgan fingerprint density at radius 1 is 0.946 bits per heavy atom. The van der Waals surface area contributed by atoms with Crippen molar-refractivity contribution in [1.82, 2.24) is 25.9 Å². The van der Waals surface area contributed by atoms with Crippen LogP contribution in [0, 0.1) is 5.92 Å². The van der Waals surface area contributed by atoms with Crippen LogP contribution in [0.4, 0.5) is 0 Å². The zero-order chi connectivity index (χ0) is 27.5. The number of carbonyl (C=O) groups excluding carboxylic acids is 3. The van der Waals surface area contributed by atoms with Crippen LogP contribution in [0.1, 0.15) is 38.4 Å². The van der Waals surface area contributed by atoms with Crippen LogP contribution < -0.4 is 21.7 Å². The van der Waals surface area contributed by atoms with Crippen LogP contribution in [-0.2, 0) is 32.0 Å². The predicted molar refractivity (Wildman–Crippen MR) is 135 cm³/mol. The summed E-state index contributed by atoms with van der Waals surface area (Å²) in [5, 5.41) is 27.3. The highest BCUT2D eigenvalue weighted by Crippen LogP contribution is 2.09. The predicted octanol–water partition coefficient (Wildman–Crippen LogP) is -0.512. The number of aromatic nitrogens is 2. The second-order valence-electron chi connectivity index (χ2n) is 9.39. The number of carbonyl (C=O) groups is 4. The largest absolute Gasteiger partial charge is 0.480 e. The Labute approximate surface area is 215 Å². The lowest BCUT2D eigenvalue weighted by atomic mass is 10.0. The number of nitrogens with one attached hydrogen (secondary N) is 4. The molecule has 12 nitrogen and oxygen atoms in total. The molecule has 1 heterocycles. The van der Waals surface area contributed by atoms with E-state index in [0.29, 0.717) is 11.3 Å². The minimum Gasteiger partial charge on any atom is -0.480 e. The van der Waals surface area contributed by atoms with Crippen LogP contribution in [0.2, 0.25) is 0 Å². The second kappa shape index (κ2) is 14.1. The number of H-pyrrole nitrogens is 1. The van der Waals surface area contributed by atoms with Crippen LogP contribution in [-0.4, -0.2) is 74.1 Å². The molecule has 0 spiro atoms. The molecule has 2 aromatic rings. The highest BCUT2D eigenvalue weighted by Gasteiger charge is 2.33. The van der Waals surface area contributed by atoms with Crippen molar-refractivity contribution in [2.45, 2.75) is 70.3 Å². The smallest absolute Gasteiger partial charge is 0.326 e. The lowest BCUT2D eigenvalue weighted by Crippen LogP contribution is -2.60. The molecule has 0 aliphatic carbocycles. The van der Waals surface area contributed by atoms with Crippen LogP contribution in [0.15, 0.2) is 42.9 Å². The maximum absolute atomic E-state index is 13.1. The number of rotatable bonds is 14. The first-order valence-electron chi connectivity index (χ1n) is 12.1. The molecular weight excluding hydrogens is 480 g/mol. The number of aliphatic carboxylic acids is 1. The Morgan fingerprint density at radius 3 is 2.14 bits per heavy atom. The van der Waals surface area contributed by atoms with Gasteiger partial charge in [0.15, 0.2) is 0 Å². The van der Waals surface area contributed by atoms with Gasteiger partial charge in [0.1, 0.15) is 18.1 Å². The van der Waals surface area contributed by atoms with Gasteiger partial charge in [-0.3, -0.25) is 14.4 Å². The number of nitrogens with zero attached hydrogens (tertiary/aromatic N) is 1. The molecule has 0 saturated carbocycles. The minimum absolute atomic E-state index is 0.000899. The average molecular weight is 517 g/mol. The quantitative estimate of drug-likeness (QED) is 0.174. The summed E-state index contributed by atoms with van der Waals surface area (Å²) in [7, 11) is 0. The first-order valence-corrected chi connectivity index (χ1v) is 12.1. The van der Waals surface area contributed by atoms with Gasteiger partial charge >= 0.3 is 5.97 Å². The van der Waals surface area contributed by atoms with Gasteiger partial charge in [-0.15, -0.1) is 0 Å². The third-order valence-electron chi connectivity index (χ3n) is 5.63. The van der Waals surface area contributed by atoms with Gasteiger partial charge in [-0.2, -0.15) is 0 Å². The van der Waals surface area contributed by atoms with E-state index in [1.807, 2.05) is 13.8 Å². The zero-order valence-corrected chi connectivity index (χ0v) is 21.2. The van der Waals surface area contributed by atoms with Gasteiger partial charge in [-0.25, -0.2) is 9.78 Å². The fraction of sp³-hybridized carbons (Fsp3) is 0.480. The van der Waals surface area contributed by atoms with Gasteiger partial charge in [-0.1, -0.05) is 44.2 Å². The summed E-state index contributed by atoms with van der Waals surface area (Å²) in [6.07, 6.45) is 2.10. The molecule has 2 rings (SSSR count). The van der Waals surface area contributed by atoms with Crippen molar-refractivity contribution < 1.29 is 29.4 Å². The van der Waals surface area contributed by atoms with Crippen molar-refractivity contribution in [3.63, 3.8) is 0 Å². The zero-order valence-electron chi connectivity index (χ0n) is 21.2. The number of hydrogen-bond donors (Lipinski definition) is 7. The lowest BCUT2D eigenvalue weighted by molar-refractivity contribution is -0.143. The summed E-state index contributed by atoms with van der Waals surface area (Å²) < 4.78 is 0. The Kier molecular flexibility index (Phi) is 11.2. The van der Waals surface area contributed by atoms with Crippen LogP contribution in [0.5, 0.6) is 0 Å². The lowest BCUT2D eigenvalue weighted by Gasteiger charge is -2.27. The number of hydrogen-bond acceptors (Lipinski definition) is 7. The third kappa shape index (κ3) is 9.66. The number of nitrogens with two attached hydrogens (primary N) is 1. The fourth-order valence-corrected chi connectivity index (χ4v) is 3.68. The Hall–Kier alpha value is -3.77. The topological polar surface area (TPSA) is 200 Å². The maximum atomic E-state index is 13.1. The van der Waals surface area contributed by atoms with Gasteiger partial charge in [0, 0.05) is 24.7 Å². The van der Waals surface area contributed by atoms with E-state index in [2.05, 4.69) is 25.9 Å². The fourth-order valence-electron chi connectivity index (χ4n) is 3.68. The number of aliphatic hydroxyl groups excluding tert-OH is 1. The first-order chi connectivity index (χ1) is 17.5. The monoisotopic (exact) mass is 516 g/mol. The molecule has 8 N–H and O–H groups in total. The van der Waals surface area contributed by atoms with Gasteiger partial charge in [0.25, 0.3) is 0 Å². The van der Waals surface area contributed by atoms with E-state index >= 15 is 0 Å². The van der Waals surface area contributed by atoms with Crippen molar-refractivity contribution >= 4 is 23.7 Å². The Bertz CT molecular complexity index is 1030. The molecule has 1 aromatic carbocycles. The first kappa shape index (κ1) is 29.5. The number of aromatic amines is 1. The summed E-state index contributed by atoms with van der Waals surface area (Å²) in [6.45, 7) is 5.02. The number of aliphatic hydroxyl groups is 1. The second-order valence-corrected chi connectivity index (χ2v) is 9.39. The van der Waals surface area contributed by atoms with Crippen molar-refractivity contribution in [3.8, 4) is 0 Å². The van der Waals surface area contributed by atoms with Gasteiger partial charge in [0.05, 0.1) is 18.5 Å². The summed E-state index contributed by atoms with van der Waals surface area (Å²) >= 11 is 0. The highest BCUT2D eigenvalue weighted by atomic mass is 16.4. The highest BCUT2D eigenvalue weighted by molar-refractivity contribution is 5.94. The van der Waals surface area contributed by atoms with Crippen molar-refractivity contribution in [2.24, 2.45) is 11.7 Å². The molecule has 0 fully saturated rings. The number of carboxylic acid groups (broad SMARTS) is 1. The van der Waals surface area contributed by atoms with E-state index in [9.17, 15) is 29.4 Å². The molecule has 5 atom stereocenters. The number of carboxylic acids is 1.